The monoisotopic (exact) mass is 282 g/mol. The number of rotatable bonds is 2. The minimum atomic E-state index is 0.682. The molecule has 2 aliphatic rings. The maximum Gasteiger partial charge on any atom is 0.151 e. The molecule has 4 rings (SSSR count). The third-order valence-corrected chi connectivity index (χ3v) is 5.04. The average molecular weight is 282 g/mol. The minimum absolute atomic E-state index is 0.682. The van der Waals surface area contributed by atoms with Gasteiger partial charge in [0.25, 0.3) is 0 Å². The Morgan fingerprint density at radius 3 is 2.86 bits per heavy atom. The number of nitrogens with one attached hydrogen (secondary N) is 1. The zero-order chi connectivity index (χ0) is 14.1. The van der Waals surface area contributed by atoms with E-state index in [9.17, 15) is 0 Å². The summed E-state index contributed by atoms with van der Waals surface area (Å²) in [4.78, 5) is 8.82. The molecule has 0 amide bonds. The molecule has 110 valence electrons. The van der Waals surface area contributed by atoms with Crippen molar-refractivity contribution in [2.45, 2.75) is 44.6 Å². The van der Waals surface area contributed by atoms with E-state index in [0.29, 0.717) is 6.04 Å². The summed E-state index contributed by atoms with van der Waals surface area (Å²) in [6.45, 7) is 1.12. The normalized spacial score (nSPS) is 26.5. The number of piperidine rings is 1. The van der Waals surface area contributed by atoms with E-state index in [1.54, 1.807) is 6.33 Å². The molecular formula is C17H22N4. The van der Waals surface area contributed by atoms with Gasteiger partial charge in [-0.3, -0.25) is 0 Å². The smallest absolute Gasteiger partial charge is 0.151 e. The van der Waals surface area contributed by atoms with E-state index in [1.807, 2.05) is 12.1 Å². The summed E-state index contributed by atoms with van der Waals surface area (Å²) in [5.74, 6) is 1.82. The number of aromatic nitrogens is 2. The average Bonchev–Trinajstić information content (AvgIpc) is 2.56. The van der Waals surface area contributed by atoms with Crippen molar-refractivity contribution in [1.29, 1.82) is 0 Å². The number of hydrogen-bond donors (Lipinski definition) is 1. The van der Waals surface area contributed by atoms with E-state index in [4.69, 9.17) is 0 Å². The first kappa shape index (κ1) is 13.0. The zero-order valence-corrected chi connectivity index (χ0v) is 12.3. The van der Waals surface area contributed by atoms with Crippen LogP contribution in [0.3, 0.4) is 0 Å². The van der Waals surface area contributed by atoms with Crippen LogP contribution in [0.15, 0.2) is 30.6 Å². The molecule has 2 unspecified atom stereocenters. The molecule has 1 saturated carbocycles. The van der Waals surface area contributed by atoms with Crippen LogP contribution in [0.25, 0.3) is 10.9 Å². The summed E-state index contributed by atoms with van der Waals surface area (Å²) >= 11 is 0. The fourth-order valence-corrected chi connectivity index (χ4v) is 3.99. The lowest BCUT2D eigenvalue weighted by molar-refractivity contribution is 0.0825. The van der Waals surface area contributed by atoms with E-state index in [2.05, 4.69) is 32.5 Å². The summed E-state index contributed by atoms with van der Waals surface area (Å²) in [5, 5.41) is 3.56. The number of hydrogen-bond acceptors (Lipinski definition) is 4. The van der Waals surface area contributed by atoms with Gasteiger partial charge in [0.2, 0.25) is 0 Å². The Kier molecular flexibility index (Phi) is 3.47. The number of hydrazine groups is 1. The molecule has 2 atom stereocenters. The molecule has 0 radical (unpaired) electrons. The molecule has 0 bridgehead atoms. The Labute approximate surface area is 125 Å². The Morgan fingerprint density at radius 2 is 1.86 bits per heavy atom. The molecule has 1 N–H and O–H groups in total. The number of nitrogens with zero attached hydrogens (tertiary/aromatic N) is 3. The Morgan fingerprint density at radius 1 is 1.00 bits per heavy atom. The topological polar surface area (TPSA) is 41.0 Å². The van der Waals surface area contributed by atoms with Crippen molar-refractivity contribution >= 4 is 16.7 Å². The summed E-state index contributed by atoms with van der Waals surface area (Å²) in [6, 6.07) is 8.90. The summed E-state index contributed by atoms with van der Waals surface area (Å²) < 4.78 is 0. The standard InChI is InChI=1S/C17H22N4/c1-4-10-16-13(6-1)7-5-11-21(16)20-17-14-8-2-3-9-15(14)18-12-19-17/h2-3,8-9,12-13,16H,1,4-7,10-11H2,(H,18,19,20). The molecule has 4 heteroatoms. The minimum Gasteiger partial charge on any atom is -0.302 e. The van der Waals surface area contributed by atoms with Gasteiger partial charge in [0.1, 0.15) is 6.33 Å². The van der Waals surface area contributed by atoms with Gasteiger partial charge in [0.15, 0.2) is 5.82 Å². The molecule has 4 nitrogen and oxygen atoms in total. The highest BCUT2D eigenvalue weighted by Gasteiger charge is 2.33. The van der Waals surface area contributed by atoms with Crippen LogP contribution in [0.4, 0.5) is 5.82 Å². The summed E-state index contributed by atoms with van der Waals surface area (Å²) in [7, 11) is 0. The van der Waals surface area contributed by atoms with Crippen LogP contribution >= 0.6 is 0 Å². The van der Waals surface area contributed by atoms with Crippen molar-refractivity contribution in [1.82, 2.24) is 15.0 Å². The fraction of sp³-hybridized carbons (Fsp3) is 0.529. The maximum absolute atomic E-state index is 4.47. The number of anilines is 1. The number of para-hydroxylation sites is 1. The second-order valence-corrected chi connectivity index (χ2v) is 6.30. The molecule has 21 heavy (non-hydrogen) atoms. The van der Waals surface area contributed by atoms with Gasteiger partial charge in [-0.25, -0.2) is 15.0 Å². The Bertz CT molecular complexity index is 620. The lowest BCUT2D eigenvalue weighted by Crippen LogP contribution is -2.49. The largest absolute Gasteiger partial charge is 0.302 e. The van der Waals surface area contributed by atoms with E-state index in [0.717, 1.165) is 29.2 Å². The highest BCUT2D eigenvalue weighted by molar-refractivity contribution is 5.88. The molecule has 1 aliphatic heterocycles. The van der Waals surface area contributed by atoms with Gasteiger partial charge in [-0.1, -0.05) is 25.0 Å². The van der Waals surface area contributed by atoms with Crippen LogP contribution in [0.5, 0.6) is 0 Å². The predicted molar refractivity (Wildman–Crippen MR) is 84.8 cm³/mol. The van der Waals surface area contributed by atoms with E-state index < -0.39 is 0 Å². The zero-order valence-electron chi connectivity index (χ0n) is 12.3. The second kappa shape index (κ2) is 5.60. The molecule has 0 spiro atoms. The number of fused-ring (bicyclic) bond motifs is 2. The quantitative estimate of drug-likeness (QED) is 0.913. The number of benzene rings is 1. The fourth-order valence-electron chi connectivity index (χ4n) is 3.99. The van der Waals surface area contributed by atoms with Crippen molar-refractivity contribution in [2.24, 2.45) is 5.92 Å². The predicted octanol–water partition coefficient (Wildman–Crippen LogP) is 3.61. The highest BCUT2D eigenvalue weighted by Crippen LogP contribution is 2.35. The van der Waals surface area contributed by atoms with Crippen LogP contribution in [-0.2, 0) is 0 Å². The van der Waals surface area contributed by atoms with Gasteiger partial charge in [0.05, 0.1) is 5.52 Å². The third kappa shape index (κ3) is 2.48. The SMILES string of the molecule is c1ccc2c(NN3CCCC4CCCCC43)ncnc2c1. The van der Waals surface area contributed by atoms with Crippen LogP contribution in [0.2, 0.25) is 0 Å². The second-order valence-electron chi connectivity index (χ2n) is 6.30. The van der Waals surface area contributed by atoms with Gasteiger partial charge in [-0.2, -0.15) is 0 Å². The summed E-state index contributed by atoms with van der Waals surface area (Å²) in [5.41, 5.74) is 4.61. The first-order valence-electron chi connectivity index (χ1n) is 8.15. The van der Waals surface area contributed by atoms with Crippen molar-refractivity contribution < 1.29 is 0 Å². The first-order valence-corrected chi connectivity index (χ1v) is 8.15. The van der Waals surface area contributed by atoms with Crippen LogP contribution in [0.1, 0.15) is 38.5 Å². The summed E-state index contributed by atoms with van der Waals surface area (Å²) in [6.07, 6.45) is 9.83. The van der Waals surface area contributed by atoms with Crippen molar-refractivity contribution in [3.05, 3.63) is 30.6 Å². The Balaban J connectivity index is 1.61. The molecule has 1 saturated heterocycles. The van der Waals surface area contributed by atoms with E-state index in [-0.39, 0.29) is 0 Å². The Hall–Kier alpha value is -1.68. The molecule has 2 fully saturated rings. The molecule has 1 aliphatic carbocycles. The van der Waals surface area contributed by atoms with Crippen LogP contribution < -0.4 is 5.43 Å². The van der Waals surface area contributed by atoms with Crippen LogP contribution in [-0.4, -0.2) is 27.6 Å². The highest BCUT2D eigenvalue weighted by atomic mass is 15.5. The van der Waals surface area contributed by atoms with Crippen molar-refractivity contribution in [2.75, 3.05) is 12.0 Å². The van der Waals surface area contributed by atoms with Crippen molar-refractivity contribution in [3.8, 4) is 0 Å². The van der Waals surface area contributed by atoms with Crippen molar-refractivity contribution in [3.63, 3.8) is 0 Å². The third-order valence-electron chi connectivity index (χ3n) is 5.04. The van der Waals surface area contributed by atoms with Gasteiger partial charge >= 0.3 is 0 Å². The lowest BCUT2D eigenvalue weighted by atomic mass is 9.79. The van der Waals surface area contributed by atoms with Gasteiger partial charge in [-0.05, 0) is 43.7 Å². The first-order chi connectivity index (χ1) is 10.4. The van der Waals surface area contributed by atoms with E-state index >= 15 is 0 Å². The van der Waals surface area contributed by atoms with Gasteiger partial charge in [0, 0.05) is 18.0 Å². The molecule has 1 aromatic heterocycles. The van der Waals surface area contributed by atoms with Crippen LogP contribution in [0, 0.1) is 5.92 Å². The molecule has 2 heterocycles. The lowest BCUT2D eigenvalue weighted by Gasteiger charge is -2.44. The van der Waals surface area contributed by atoms with Gasteiger partial charge in [-0.15, -0.1) is 0 Å². The maximum atomic E-state index is 4.47. The van der Waals surface area contributed by atoms with E-state index in [1.165, 1.54) is 38.5 Å². The molecule has 1 aromatic carbocycles. The molecular weight excluding hydrogens is 260 g/mol. The molecule has 2 aromatic rings. The van der Waals surface area contributed by atoms with Gasteiger partial charge < -0.3 is 5.43 Å².